The molecule has 1 saturated heterocycles. The maximum atomic E-state index is 13.9. The lowest BCUT2D eigenvalue weighted by atomic mass is 10.2. The van der Waals surface area contributed by atoms with Crippen molar-refractivity contribution in [3.05, 3.63) is 30.1 Å². The minimum atomic E-state index is -3.93. The Balaban J connectivity index is 1.42. The summed E-state index contributed by atoms with van der Waals surface area (Å²) >= 11 is 0. The number of benzene rings is 1. The summed E-state index contributed by atoms with van der Waals surface area (Å²) < 4.78 is 40.2. The smallest absolute Gasteiger partial charge is 0.317 e. The number of nitrogens with zero attached hydrogens (tertiary/aromatic N) is 2. The minimum Gasteiger partial charge on any atom is -0.353 e. The van der Waals surface area contributed by atoms with E-state index in [1.807, 2.05) is 0 Å². The average Bonchev–Trinajstić information content (AvgIpc) is 3.21. The SMILES string of the molecule is O=C(CCNC(=O)N1CCN(S(=O)(=O)c2ccccc2F)CC1)NC1CCCC1. The van der Waals surface area contributed by atoms with E-state index in [9.17, 15) is 22.4 Å². The van der Waals surface area contributed by atoms with Gasteiger partial charge in [0.2, 0.25) is 15.9 Å². The van der Waals surface area contributed by atoms with Crippen LogP contribution in [0.25, 0.3) is 0 Å². The summed E-state index contributed by atoms with van der Waals surface area (Å²) in [5, 5.41) is 5.67. The van der Waals surface area contributed by atoms with Gasteiger partial charge in [-0.3, -0.25) is 4.79 Å². The Labute approximate surface area is 170 Å². The minimum absolute atomic E-state index is 0.0713. The normalized spacial score (nSPS) is 18.6. The molecule has 160 valence electrons. The standard InChI is InChI=1S/C19H27FN4O4S/c20-16-7-3-4-8-17(16)29(27,28)24-13-11-23(12-14-24)19(26)21-10-9-18(25)22-15-5-1-2-6-15/h3-4,7-8,15H,1-2,5-6,9-14H2,(H,21,26)(H,22,25). The molecule has 0 radical (unpaired) electrons. The van der Waals surface area contributed by atoms with E-state index in [4.69, 9.17) is 0 Å². The van der Waals surface area contributed by atoms with Crippen LogP contribution in [0.2, 0.25) is 0 Å². The van der Waals surface area contributed by atoms with E-state index >= 15 is 0 Å². The summed E-state index contributed by atoms with van der Waals surface area (Å²) in [4.78, 5) is 25.3. The number of rotatable bonds is 6. The molecule has 0 bridgehead atoms. The van der Waals surface area contributed by atoms with Crippen molar-refractivity contribution in [1.82, 2.24) is 19.8 Å². The zero-order valence-electron chi connectivity index (χ0n) is 16.3. The Bertz CT molecular complexity index is 834. The third-order valence-corrected chi connectivity index (χ3v) is 7.26. The van der Waals surface area contributed by atoms with Crippen LogP contribution in [0, 0.1) is 5.82 Å². The number of hydrogen-bond donors (Lipinski definition) is 2. The van der Waals surface area contributed by atoms with Gasteiger partial charge in [-0.1, -0.05) is 25.0 Å². The quantitative estimate of drug-likeness (QED) is 0.716. The molecule has 0 unspecified atom stereocenters. The van der Waals surface area contributed by atoms with Crippen LogP contribution >= 0.6 is 0 Å². The Kier molecular flexibility index (Phi) is 7.07. The molecule has 1 heterocycles. The van der Waals surface area contributed by atoms with Crippen LogP contribution < -0.4 is 10.6 Å². The number of urea groups is 1. The van der Waals surface area contributed by atoms with Gasteiger partial charge < -0.3 is 15.5 Å². The lowest BCUT2D eigenvalue weighted by molar-refractivity contribution is -0.121. The first kappa shape index (κ1) is 21.5. The Hall–Kier alpha value is -2.20. The molecule has 2 fully saturated rings. The van der Waals surface area contributed by atoms with Gasteiger partial charge in [0.25, 0.3) is 0 Å². The van der Waals surface area contributed by atoms with Crippen molar-refractivity contribution in [2.45, 2.75) is 43.0 Å². The van der Waals surface area contributed by atoms with Crippen molar-refractivity contribution in [3.63, 3.8) is 0 Å². The lowest BCUT2D eigenvalue weighted by Crippen LogP contribution is -2.53. The van der Waals surface area contributed by atoms with Crippen molar-refractivity contribution >= 4 is 22.0 Å². The van der Waals surface area contributed by atoms with Gasteiger partial charge >= 0.3 is 6.03 Å². The van der Waals surface area contributed by atoms with Crippen LogP contribution in [-0.4, -0.2) is 68.3 Å². The summed E-state index contributed by atoms with van der Waals surface area (Å²) in [6.45, 7) is 0.811. The van der Waals surface area contributed by atoms with Gasteiger partial charge in [0.15, 0.2) is 0 Å². The maximum Gasteiger partial charge on any atom is 0.317 e. The number of sulfonamides is 1. The van der Waals surface area contributed by atoms with Crippen molar-refractivity contribution < 1.29 is 22.4 Å². The number of halogens is 1. The molecule has 0 spiro atoms. The first-order valence-electron chi connectivity index (χ1n) is 9.95. The summed E-state index contributed by atoms with van der Waals surface area (Å²) in [6.07, 6.45) is 4.51. The molecule has 1 saturated carbocycles. The molecule has 3 rings (SSSR count). The molecule has 10 heteroatoms. The molecule has 1 aromatic rings. The highest BCUT2D eigenvalue weighted by Gasteiger charge is 2.31. The lowest BCUT2D eigenvalue weighted by Gasteiger charge is -2.34. The number of amides is 3. The highest BCUT2D eigenvalue weighted by Crippen LogP contribution is 2.20. The number of hydrogen-bond acceptors (Lipinski definition) is 4. The van der Waals surface area contributed by atoms with Gasteiger partial charge in [-0.15, -0.1) is 0 Å². The van der Waals surface area contributed by atoms with Crippen LogP contribution in [0.3, 0.4) is 0 Å². The van der Waals surface area contributed by atoms with Crippen molar-refractivity contribution in [1.29, 1.82) is 0 Å². The second-order valence-electron chi connectivity index (χ2n) is 7.35. The number of carbonyl (C=O) groups is 2. The van der Waals surface area contributed by atoms with Gasteiger partial charge in [-0.05, 0) is 25.0 Å². The summed E-state index contributed by atoms with van der Waals surface area (Å²) in [7, 11) is -3.93. The van der Waals surface area contributed by atoms with E-state index in [0.717, 1.165) is 31.7 Å². The van der Waals surface area contributed by atoms with Crippen LogP contribution in [0.1, 0.15) is 32.1 Å². The monoisotopic (exact) mass is 426 g/mol. The van der Waals surface area contributed by atoms with Gasteiger partial charge in [0.05, 0.1) is 0 Å². The van der Waals surface area contributed by atoms with E-state index < -0.39 is 15.8 Å². The fourth-order valence-corrected chi connectivity index (χ4v) is 5.18. The van der Waals surface area contributed by atoms with E-state index in [1.54, 1.807) is 0 Å². The number of nitrogens with one attached hydrogen (secondary N) is 2. The molecule has 1 aliphatic heterocycles. The molecule has 3 amide bonds. The van der Waals surface area contributed by atoms with Crippen molar-refractivity contribution in [2.24, 2.45) is 0 Å². The summed E-state index contributed by atoms with van der Waals surface area (Å²) in [6, 6.07) is 5.18. The Morgan fingerprint density at radius 3 is 2.38 bits per heavy atom. The largest absolute Gasteiger partial charge is 0.353 e. The highest BCUT2D eigenvalue weighted by atomic mass is 32.2. The summed E-state index contributed by atoms with van der Waals surface area (Å²) in [5.41, 5.74) is 0. The highest BCUT2D eigenvalue weighted by molar-refractivity contribution is 7.89. The summed E-state index contributed by atoms with van der Waals surface area (Å²) in [5.74, 6) is -0.860. The molecule has 2 aliphatic rings. The van der Waals surface area contributed by atoms with E-state index in [-0.39, 0.29) is 62.0 Å². The first-order chi connectivity index (χ1) is 13.9. The second kappa shape index (κ2) is 9.53. The van der Waals surface area contributed by atoms with Crippen molar-refractivity contribution in [2.75, 3.05) is 32.7 Å². The fraction of sp³-hybridized carbons (Fsp3) is 0.579. The van der Waals surface area contributed by atoms with Crippen LogP contribution in [0.4, 0.5) is 9.18 Å². The fourth-order valence-electron chi connectivity index (χ4n) is 3.69. The molecule has 1 aromatic carbocycles. The third-order valence-electron chi connectivity index (χ3n) is 5.33. The topological polar surface area (TPSA) is 98.8 Å². The predicted octanol–water partition coefficient (Wildman–Crippen LogP) is 1.29. The number of piperazine rings is 1. The van der Waals surface area contributed by atoms with Crippen LogP contribution in [0.15, 0.2) is 29.2 Å². The average molecular weight is 427 g/mol. The number of carbonyl (C=O) groups excluding carboxylic acids is 2. The second-order valence-corrected chi connectivity index (χ2v) is 9.26. The van der Waals surface area contributed by atoms with Crippen molar-refractivity contribution in [3.8, 4) is 0 Å². The maximum absolute atomic E-state index is 13.9. The first-order valence-corrected chi connectivity index (χ1v) is 11.4. The molecular formula is C19H27FN4O4S. The van der Waals surface area contributed by atoms with Gasteiger partial charge in [0, 0.05) is 45.2 Å². The third kappa shape index (κ3) is 5.45. The van der Waals surface area contributed by atoms with Gasteiger partial charge in [-0.25, -0.2) is 17.6 Å². The van der Waals surface area contributed by atoms with E-state index in [0.29, 0.717) is 0 Å². The molecule has 0 atom stereocenters. The molecule has 2 N–H and O–H groups in total. The molecule has 1 aliphatic carbocycles. The van der Waals surface area contributed by atoms with Gasteiger partial charge in [0.1, 0.15) is 10.7 Å². The van der Waals surface area contributed by atoms with Crippen LogP contribution in [0.5, 0.6) is 0 Å². The Morgan fingerprint density at radius 2 is 1.72 bits per heavy atom. The van der Waals surface area contributed by atoms with Crippen LogP contribution in [-0.2, 0) is 14.8 Å². The van der Waals surface area contributed by atoms with E-state index in [2.05, 4.69) is 10.6 Å². The molecule has 29 heavy (non-hydrogen) atoms. The zero-order chi connectivity index (χ0) is 20.9. The van der Waals surface area contributed by atoms with E-state index in [1.165, 1.54) is 27.4 Å². The molecule has 0 aromatic heterocycles. The zero-order valence-corrected chi connectivity index (χ0v) is 17.1. The Morgan fingerprint density at radius 1 is 1.07 bits per heavy atom. The molecular weight excluding hydrogens is 399 g/mol. The molecule has 8 nitrogen and oxygen atoms in total. The predicted molar refractivity (Wildman–Crippen MR) is 105 cm³/mol. The van der Waals surface area contributed by atoms with Gasteiger partial charge in [-0.2, -0.15) is 4.31 Å².